The third-order valence-corrected chi connectivity index (χ3v) is 3.02. The standard InChI is InChI=1S/C13H14N4OS/c1-8-4-5-11(9(2)6-8)7-14-17-12(18)10(3)15-16-13(17)19/h4-7H,1-3H3,(H,16,19)/b14-7+. The molecule has 1 aromatic carbocycles. The van der Waals surface area contributed by atoms with Gasteiger partial charge in [0.2, 0.25) is 4.77 Å². The minimum Gasteiger partial charge on any atom is -0.265 e. The molecule has 0 aliphatic rings. The Morgan fingerprint density at radius 2 is 2.11 bits per heavy atom. The van der Waals surface area contributed by atoms with Gasteiger partial charge in [0, 0.05) is 0 Å². The maximum absolute atomic E-state index is 11.8. The van der Waals surface area contributed by atoms with Crippen molar-refractivity contribution in [2.75, 3.05) is 0 Å². The molecular weight excluding hydrogens is 260 g/mol. The van der Waals surface area contributed by atoms with Crippen molar-refractivity contribution in [2.24, 2.45) is 5.10 Å². The highest BCUT2D eigenvalue weighted by atomic mass is 32.1. The van der Waals surface area contributed by atoms with Crippen LogP contribution in [-0.4, -0.2) is 21.1 Å². The van der Waals surface area contributed by atoms with Gasteiger partial charge in [0.1, 0.15) is 5.69 Å². The lowest BCUT2D eigenvalue weighted by molar-refractivity contribution is 0.720. The number of nitrogens with zero attached hydrogens (tertiary/aromatic N) is 3. The highest BCUT2D eigenvalue weighted by Crippen LogP contribution is 2.08. The summed E-state index contributed by atoms with van der Waals surface area (Å²) in [5.41, 5.74) is 3.24. The Balaban J connectivity index is 2.47. The number of aromatic amines is 1. The van der Waals surface area contributed by atoms with Crippen molar-refractivity contribution in [3.05, 3.63) is 55.7 Å². The molecule has 2 rings (SSSR count). The summed E-state index contributed by atoms with van der Waals surface area (Å²) < 4.78 is 1.31. The van der Waals surface area contributed by atoms with Crippen molar-refractivity contribution in [3.8, 4) is 0 Å². The van der Waals surface area contributed by atoms with Crippen molar-refractivity contribution in [2.45, 2.75) is 20.8 Å². The molecule has 0 saturated carbocycles. The average Bonchev–Trinajstić information content (AvgIpc) is 2.36. The number of hydrogen-bond acceptors (Lipinski definition) is 4. The number of aryl methyl sites for hydroxylation is 3. The van der Waals surface area contributed by atoms with E-state index in [9.17, 15) is 4.79 Å². The summed E-state index contributed by atoms with van der Waals surface area (Å²) in [6.45, 7) is 5.63. The van der Waals surface area contributed by atoms with Gasteiger partial charge >= 0.3 is 0 Å². The van der Waals surface area contributed by atoms with E-state index in [-0.39, 0.29) is 10.3 Å². The fraction of sp³-hybridized carbons (Fsp3) is 0.231. The first-order chi connectivity index (χ1) is 8.99. The van der Waals surface area contributed by atoms with Crippen molar-refractivity contribution < 1.29 is 0 Å². The molecule has 0 saturated heterocycles. The van der Waals surface area contributed by atoms with E-state index in [1.54, 1.807) is 13.1 Å². The average molecular weight is 274 g/mol. The topological polar surface area (TPSA) is 63.0 Å². The Morgan fingerprint density at radius 3 is 2.79 bits per heavy atom. The van der Waals surface area contributed by atoms with Crippen molar-refractivity contribution in [3.63, 3.8) is 0 Å². The van der Waals surface area contributed by atoms with Crippen LogP contribution in [0, 0.1) is 25.5 Å². The van der Waals surface area contributed by atoms with Crippen LogP contribution in [0.25, 0.3) is 0 Å². The summed E-state index contributed by atoms with van der Waals surface area (Å²) in [7, 11) is 0. The van der Waals surface area contributed by atoms with Gasteiger partial charge in [-0.2, -0.15) is 14.9 Å². The van der Waals surface area contributed by atoms with E-state index in [4.69, 9.17) is 12.2 Å². The van der Waals surface area contributed by atoms with Gasteiger partial charge in [-0.15, -0.1) is 0 Å². The first-order valence-corrected chi connectivity index (χ1v) is 6.20. The van der Waals surface area contributed by atoms with Crippen LogP contribution in [0.4, 0.5) is 0 Å². The monoisotopic (exact) mass is 274 g/mol. The van der Waals surface area contributed by atoms with Gasteiger partial charge < -0.3 is 0 Å². The molecule has 0 fully saturated rings. The van der Waals surface area contributed by atoms with Crippen LogP contribution >= 0.6 is 12.2 Å². The van der Waals surface area contributed by atoms with Crippen LogP contribution in [0.15, 0.2) is 28.1 Å². The molecule has 1 heterocycles. The highest BCUT2D eigenvalue weighted by molar-refractivity contribution is 7.71. The number of hydrogen-bond donors (Lipinski definition) is 1. The number of nitrogens with one attached hydrogen (secondary N) is 1. The lowest BCUT2D eigenvalue weighted by Gasteiger charge is -2.02. The molecular formula is C13H14N4OS. The van der Waals surface area contributed by atoms with E-state index in [2.05, 4.69) is 21.4 Å². The van der Waals surface area contributed by atoms with Crippen molar-refractivity contribution in [1.82, 2.24) is 14.9 Å². The van der Waals surface area contributed by atoms with E-state index in [0.29, 0.717) is 5.69 Å². The quantitative estimate of drug-likeness (QED) is 0.674. The Hall–Kier alpha value is -2.08. The van der Waals surface area contributed by atoms with Gasteiger partial charge in [0.05, 0.1) is 6.21 Å². The zero-order valence-corrected chi connectivity index (χ0v) is 11.8. The maximum atomic E-state index is 11.8. The fourth-order valence-corrected chi connectivity index (χ4v) is 1.84. The van der Waals surface area contributed by atoms with Crippen molar-refractivity contribution >= 4 is 18.4 Å². The first kappa shape index (κ1) is 13.4. The Kier molecular flexibility index (Phi) is 3.71. The summed E-state index contributed by atoms with van der Waals surface area (Å²) in [5, 5.41) is 10.5. The second kappa shape index (κ2) is 5.27. The fourth-order valence-electron chi connectivity index (χ4n) is 1.67. The van der Waals surface area contributed by atoms with Gasteiger partial charge in [-0.25, -0.2) is 0 Å². The van der Waals surface area contributed by atoms with Crippen LogP contribution in [-0.2, 0) is 0 Å². The summed E-state index contributed by atoms with van der Waals surface area (Å²) in [6.07, 6.45) is 1.62. The number of aromatic nitrogens is 3. The predicted octanol–water partition coefficient (Wildman–Crippen LogP) is 2.11. The molecule has 0 atom stereocenters. The molecule has 98 valence electrons. The molecule has 5 nitrogen and oxygen atoms in total. The largest absolute Gasteiger partial charge is 0.296 e. The SMILES string of the molecule is Cc1ccc(/C=N/n2c(=S)[nH]nc(C)c2=O)c(C)c1. The molecule has 0 spiro atoms. The molecule has 1 N–H and O–H groups in total. The van der Waals surface area contributed by atoms with Crippen LogP contribution < -0.4 is 5.56 Å². The zero-order chi connectivity index (χ0) is 14.0. The minimum absolute atomic E-state index is 0.177. The molecule has 6 heteroatoms. The Labute approximate surface area is 115 Å². The first-order valence-electron chi connectivity index (χ1n) is 5.79. The van der Waals surface area contributed by atoms with Crippen LogP contribution in [0.3, 0.4) is 0 Å². The van der Waals surface area contributed by atoms with Gasteiger partial charge in [0.25, 0.3) is 5.56 Å². The second-order valence-electron chi connectivity index (χ2n) is 4.34. The van der Waals surface area contributed by atoms with Gasteiger partial charge in [0.15, 0.2) is 0 Å². The third-order valence-electron chi connectivity index (χ3n) is 2.75. The summed E-state index contributed by atoms with van der Waals surface area (Å²) >= 11 is 5.00. The lowest BCUT2D eigenvalue weighted by atomic mass is 10.1. The lowest BCUT2D eigenvalue weighted by Crippen LogP contribution is -2.22. The number of benzene rings is 1. The maximum Gasteiger partial charge on any atom is 0.296 e. The Morgan fingerprint density at radius 1 is 1.37 bits per heavy atom. The molecule has 0 bridgehead atoms. The van der Waals surface area contributed by atoms with Gasteiger partial charge in [-0.3, -0.25) is 9.89 Å². The number of H-pyrrole nitrogens is 1. The second-order valence-corrected chi connectivity index (χ2v) is 4.72. The molecule has 0 aliphatic heterocycles. The zero-order valence-electron chi connectivity index (χ0n) is 11.0. The predicted molar refractivity (Wildman–Crippen MR) is 77.3 cm³/mol. The van der Waals surface area contributed by atoms with E-state index in [1.165, 1.54) is 5.56 Å². The third kappa shape index (κ3) is 2.85. The molecule has 1 aromatic heterocycles. The summed E-state index contributed by atoms with van der Waals surface area (Å²) in [6, 6.07) is 6.01. The highest BCUT2D eigenvalue weighted by Gasteiger charge is 2.01. The summed E-state index contributed by atoms with van der Waals surface area (Å²) in [5.74, 6) is 0. The van der Waals surface area contributed by atoms with E-state index < -0.39 is 0 Å². The summed E-state index contributed by atoms with van der Waals surface area (Å²) in [4.78, 5) is 11.8. The van der Waals surface area contributed by atoms with E-state index in [0.717, 1.165) is 15.8 Å². The molecule has 0 aliphatic carbocycles. The molecule has 2 aromatic rings. The van der Waals surface area contributed by atoms with Crippen LogP contribution in [0.5, 0.6) is 0 Å². The van der Waals surface area contributed by atoms with Crippen LogP contribution in [0.2, 0.25) is 0 Å². The molecule has 19 heavy (non-hydrogen) atoms. The molecule has 0 amide bonds. The van der Waals surface area contributed by atoms with Gasteiger partial charge in [-0.05, 0) is 44.1 Å². The Bertz CT molecular complexity index is 758. The van der Waals surface area contributed by atoms with E-state index in [1.807, 2.05) is 26.0 Å². The minimum atomic E-state index is -0.315. The molecule has 0 radical (unpaired) electrons. The molecule has 0 unspecified atom stereocenters. The smallest absolute Gasteiger partial charge is 0.265 e. The normalized spacial score (nSPS) is 11.1. The number of rotatable bonds is 2. The van der Waals surface area contributed by atoms with Crippen molar-refractivity contribution in [1.29, 1.82) is 0 Å². The van der Waals surface area contributed by atoms with Gasteiger partial charge in [-0.1, -0.05) is 23.8 Å². The van der Waals surface area contributed by atoms with E-state index >= 15 is 0 Å². The van der Waals surface area contributed by atoms with Crippen LogP contribution in [0.1, 0.15) is 22.4 Å².